The number of hydrogen-bond donors (Lipinski definition) is 3. The Morgan fingerprint density at radius 3 is 2.48 bits per heavy atom. The molecule has 0 atom stereocenters. The van der Waals surface area contributed by atoms with Crippen LogP contribution in [0.4, 0.5) is 16.2 Å². The van der Waals surface area contributed by atoms with Crippen LogP contribution in [0, 0.1) is 0 Å². The van der Waals surface area contributed by atoms with Crippen molar-refractivity contribution in [3.63, 3.8) is 0 Å². The first-order valence-corrected chi connectivity index (χ1v) is 9.78. The van der Waals surface area contributed by atoms with Crippen LogP contribution in [0.3, 0.4) is 0 Å². The molecule has 3 amide bonds. The lowest BCUT2D eigenvalue weighted by Gasteiger charge is -2.29. The molecule has 0 unspecified atom stereocenters. The molecule has 0 bridgehead atoms. The monoisotopic (exact) mass is 417 g/mol. The molecule has 1 aliphatic heterocycles. The molecule has 3 rings (SSSR count). The second-order valence-corrected chi connectivity index (χ2v) is 7.35. The molecule has 2 aromatic rings. The molecule has 0 aliphatic carbocycles. The highest BCUT2D eigenvalue weighted by Crippen LogP contribution is 2.27. The quantitative estimate of drug-likeness (QED) is 0.694. The third-order valence-electron chi connectivity index (χ3n) is 4.79. The number of aliphatic hydroxyl groups is 1. The zero-order valence-corrected chi connectivity index (χ0v) is 16.9. The third-order valence-corrected chi connectivity index (χ3v) is 5.03. The molecule has 1 fully saturated rings. The summed E-state index contributed by atoms with van der Waals surface area (Å²) in [6.45, 7) is 1.18. The fourth-order valence-corrected chi connectivity index (χ4v) is 3.34. The maximum atomic E-state index is 12.4. The highest BCUT2D eigenvalue weighted by Gasteiger charge is 2.21. The first kappa shape index (κ1) is 21.0. The van der Waals surface area contributed by atoms with Crippen LogP contribution in [0.25, 0.3) is 0 Å². The molecule has 7 nitrogen and oxygen atoms in total. The van der Waals surface area contributed by atoms with E-state index in [0.29, 0.717) is 54.5 Å². The van der Waals surface area contributed by atoms with Crippen molar-refractivity contribution in [1.82, 2.24) is 4.90 Å². The highest BCUT2D eigenvalue weighted by atomic mass is 35.5. The van der Waals surface area contributed by atoms with Gasteiger partial charge in [-0.25, -0.2) is 4.79 Å². The maximum absolute atomic E-state index is 12.4. The Balaban J connectivity index is 1.54. The van der Waals surface area contributed by atoms with Gasteiger partial charge in [0.25, 0.3) is 0 Å². The number of methoxy groups -OCH3 is 1. The first-order valence-electron chi connectivity index (χ1n) is 9.41. The molecule has 29 heavy (non-hydrogen) atoms. The summed E-state index contributed by atoms with van der Waals surface area (Å²) in [4.78, 5) is 26.4. The smallest absolute Gasteiger partial charge is 0.323 e. The standard InChI is InChI=1S/C21H24ClN3O4/c1-29-19-7-4-15(22)13-18(19)24-21(28)23-16-5-2-14(3-6-16)12-20(27)25-10-8-17(26)9-11-25/h2-7,13,17,26H,8-12H2,1H3,(H2,23,24,28). The number of hydrogen-bond acceptors (Lipinski definition) is 4. The van der Waals surface area contributed by atoms with Crippen molar-refractivity contribution < 1.29 is 19.4 Å². The van der Waals surface area contributed by atoms with Gasteiger partial charge < -0.3 is 25.4 Å². The summed E-state index contributed by atoms with van der Waals surface area (Å²) < 4.78 is 5.21. The van der Waals surface area contributed by atoms with Crippen LogP contribution >= 0.6 is 11.6 Å². The minimum Gasteiger partial charge on any atom is -0.495 e. The number of rotatable bonds is 5. The predicted molar refractivity (Wildman–Crippen MR) is 113 cm³/mol. The van der Waals surface area contributed by atoms with E-state index in [2.05, 4.69) is 10.6 Å². The summed E-state index contributed by atoms with van der Waals surface area (Å²) >= 11 is 5.97. The van der Waals surface area contributed by atoms with Gasteiger partial charge in [-0.15, -0.1) is 0 Å². The van der Waals surface area contributed by atoms with Crippen LogP contribution in [0.1, 0.15) is 18.4 Å². The topological polar surface area (TPSA) is 90.9 Å². The van der Waals surface area contributed by atoms with E-state index in [0.717, 1.165) is 5.56 Å². The summed E-state index contributed by atoms with van der Waals surface area (Å²) in [5.41, 5.74) is 1.93. The number of piperidine rings is 1. The molecular weight excluding hydrogens is 394 g/mol. The van der Waals surface area contributed by atoms with E-state index in [1.165, 1.54) is 7.11 Å². The third kappa shape index (κ3) is 5.85. The van der Waals surface area contributed by atoms with E-state index in [1.54, 1.807) is 35.2 Å². The average molecular weight is 418 g/mol. The molecule has 0 saturated carbocycles. The van der Waals surface area contributed by atoms with E-state index < -0.39 is 6.03 Å². The van der Waals surface area contributed by atoms with Gasteiger partial charge in [0.1, 0.15) is 5.75 Å². The van der Waals surface area contributed by atoms with Gasteiger partial charge in [0, 0.05) is 23.8 Å². The van der Waals surface area contributed by atoms with Gasteiger partial charge >= 0.3 is 6.03 Å². The Hall–Kier alpha value is -2.77. The lowest BCUT2D eigenvalue weighted by atomic mass is 10.1. The summed E-state index contributed by atoms with van der Waals surface area (Å²) in [6.07, 6.45) is 1.24. The Bertz CT molecular complexity index is 865. The van der Waals surface area contributed by atoms with Gasteiger partial charge in [-0.2, -0.15) is 0 Å². The van der Waals surface area contributed by atoms with Crippen LogP contribution in [0.15, 0.2) is 42.5 Å². The minimum absolute atomic E-state index is 0.0448. The Morgan fingerprint density at radius 2 is 1.83 bits per heavy atom. The molecule has 8 heteroatoms. The summed E-state index contributed by atoms with van der Waals surface area (Å²) in [7, 11) is 1.51. The second-order valence-electron chi connectivity index (χ2n) is 6.91. The van der Waals surface area contributed by atoms with Crippen LogP contribution in [0.2, 0.25) is 5.02 Å². The number of aliphatic hydroxyl groups excluding tert-OH is 1. The van der Waals surface area contributed by atoms with Crippen molar-refractivity contribution in [2.45, 2.75) is 25.4 Å². The van der Waals surface area contributed by atoms with Crippen LogP contribution < -0.4 is 15.4 Å². The molecule has 154 valence electrons. The molecule has 0 aromatic heterocycles. The average Bonchev–Trinajstić information content (AvgIpc) is 2.70. The summed E-state index contributed by atoms with van der Waals surface area (Å²) in [5.74, 6) is 0.548. The molecule has 0 radical (unpaired) electrons. The van der Waals surface area contributed by atoms with E-state index in [9.17, 15) is 14.7 Å². The molecule has 2 aromatic carbocycles. The Kier molecular flexibility index (Phi) is 6.95. The van der Waals surface area contributed by atoms with Crippen LogP contribution in [-0.4, -0.2) is 48.2 Å². The van der Waals surface area contributed by atoms with Gasteiger partial charge in [0.2, 0.25) is 5.91 Å². The molecule has 1 saturated heterocycles. The van der Waals surface area contributed by atoms with Crippen molar-refractivity contribution in [1.29, 1.82) is 0 Å². The Morgan fingerprint density at radius 1 is 1.14 bits per heavy atom. The first-order chi connectivity index (χ1) is 13.9. The largest absolute Gasteiger partial charge is 0.495 e. The highest BCUT2D eigenvalue weighted by molar-refractivity contribution is 6.31. The number of carbonyl (C=O) groups excluding carboxylic acids is 2. The Labute approximate surface area is 174 Å². The SMILES string of the molecule is COc1ccc(Cl)cc1NC(=O)Nc1ccc(CC(=O)N2CCC(O)CC2)cc1. The van der Waals surface area contributed by atoms with Gasteiger partial charge in [-0.1, -0.05) is 23.7 Å². The van der Waals surface area contributed by atoms with Gasteiger partial charge in [0.15, 0.2) is 0 Å². The summed E-state index contributed by atoms with van der Waals surface area (Å²) in [5, 5.41) is 15.5. The number of benzene rings is 2. The number of likely N-dealkylation sites (tertiary alicyclic amines) is 1. The zero-order valence-electron chi connectivity index (χ0n) is 16.2. The van der Waals surface area contributed by atoms with E-state index in [4.69, 9.17) is 16.3 Å². The minimum atomic E-state index is -0.429. The lowest BCUT2D eigenvalue weighted by molar-refractivity contribution is -0.132. The van der Waals surface area contributed by atoms with Crippen molar-refractivity contribution in [3.05, 3.63) is 53.1 Å². The second kappa shape index (κ2) is 9.62. The number of nitrogens with one attached hydrogen (secondary N) is 2. The van der Waals surface area contributed by atoms with Gasteiger partial charge in [0.05, 0.1) is 25.3 Å². The fraction of sp³-hybridized carbons (Fsp3) is 0.333. The van der Waals surface area contributed by atoms with E-state index in [-0.39, 0.29) is 12.0 Å². The molecule has 1 heterocycles. The van der Waals surface area contributed by atoms with Crippen molar-refractivity contribution in [3.8, 4) is 5.75 Å². The zero-order chi connectivity index (χ0) is 20.8. The van der Waals surface area contributed by atoms with Crippen LogP contribution in [0.5, 0.6) is 5.75 Å². The summed E-state index contributed by atoms with van der Waals surface area (Å²) in [6, 6.07) is 11.6. The van der Waals surface area contributed by atoms with Crippen molar-refractivity contribution >= 4 is 34.9 Å². The van der Waals surface area contributed by atoms with Crippen molar-refractivity contribution in [2.75, 3.05) is 30.8 Å². The van der Waals surface area contributed by atoms with Crippen LogP contribution in [-0.2, 0) is 11.2 Å². The number of urea groups is 1. The van der Waals surface area contributed by atoms with Crippen molar-refractivity contribution in [2.24, 2.45) is 0 Å². The van der Waals surface area contributed by atoms with E-state index in [1.807, 2.05) is 12.1 Å². The number of ether oxygens (including phenoxy) is 1. The molecule has 0 spiro atoms. The predicted octanol–water partition coefficient (Wildman–Crippen LogP) is 3.52. The fourth-order valence-electron chi connectivity index (χ4n) is 3.17. The lowest BCUT2D eigenvalue weighted by Crippen LogP contribution is -2.40. The number of anilines is 2. The number of nitrogens with zero attached hydrogens (tertiary/aromatic N) is 1. The van der Waals surface area contributed by atoms with Gasteiger partial charge in [-0.3, -0.25) is 4.79 Å². The van der Waals surface area contributed by atoms with Gasteiger partial charge in [-0.05, 0) is 48.7 Å². The normalized spacial score (nSPS) is 14.4. The number of carbonyl (C=O) groups is 2. The molecular formula is C21H24ClN3O4. The molecule has 3 N–H and O–H groups in total. The number of halogens is 1. The molecule has 1 aliphatic rings. The van der Waals surface area contributed by atoms with E-state index >= 15 is 0 Å². The number of amides is 3. The maximum Gasteiger partial charge on any atom is 0.323 e.